The lowest BCUT2D eigenvalue weighted by molar-refractivity contribution is 0.676. The third kappa shape index (κ3) is 2.31. The van der Waals surface area contributed by atoms with Crippen LogP contribution in [0.25, 0.3) is 0 Å². The number of hydrogen-bond acceptors (Lipinski definition) is 4. The molecule has 0 saturated carbocycles. The van der Waals surface area contributed by atoms with Gasteiger partial charge in [0.2, 0.25) is 9.07 Å². The molecule has 0 bridgehead atoms. The Hall–Kier alpha value is 0.190. The summed E-state index contributed by atoms with van der Waals surface area (Å²) in [6.07, 6.45) is 0. The van der Waals surface area contributed by atoms with Crippen LogP contribution < -0.4 is 0 Å². The average molecular weight is 255 g/mol. The first-order valence-corrected chi connectivity index (χ1v) is 5.79. The van der Waals surface area contributed by atoms with Crippen molar-refractivity contribution in [1.82, 2.24) is 9.36 Å². The number of rotatable bonds is 2. The summed E-state index contributed by atoms with van der Waals surface area (Å²) in [5, 5.41) is 0.106. The predicted octanol–water partition coefficient (Wildman–Crippen LogP) is 1.82. The highest BCUT2D eigenvalue weighted by Crippen LogP contribution is 2.16. The van der Waals surface area contributed by atoms with Crippen LogP contribution in [0.3, 0.4) is 0 Å². The lowest BCUT2D eigenvalue weighted by Crippen LogP contribution is -2.04. The zero-order chi connectivity index (χ0) is 8.43. The van der Waals surface area contributed by atoms with Gasteiger partial charge < -0.3 is 0 Å². The third-order valence-electron chi connectivity index (χ3n) is 0.983. The van der Waals surface area contributed by atoms with E-state index < -0.39 is 10.8 Å². The molecule has 1 rings (SSSR count). The Morgan fingerprint density at radius 2 is 2.27 bits per heavy atom. The number of hydrogen-bond donors (Lipinski definition) is 0. The molecular formula is C5H7BrN2OS2. The van der Waals surface area contributed by atoms with Crippen molar-refractivity contribution in [1.29, 1.82) is 0 Å². The van der Waals surface area contributed by atoms with Crippen molar-refractivity contribution >= 4 is 38.3 Å². The quantitative estimate of drug-likeness (QED) is 0.809. The molecule has 1 atom stereocenters. The molecule has 11 heavy (non-hydrogen) atoms. The summed E-state index contributed by atoms with van der Waals surface area (Å²) in [7, 11) is -0.999. The Morgan fingerprint density at radius 1 is 1.64 bits per heavy atom. The highest BCUT2D eigenvalue weighted by Gasteiger charge is 2.12. The fourth-order valence-corrected chi connectivity index (χ4v) is 2.99. The van der Waals surface area contributed by atoms with Crippen LogP contribution in [-0.2, 0) is 10.8 Å². The maximum absolute atomic E-state index is 11.4. The molecule has 6 heteroatoms. The second-order valence-electron chi connectivity index (χ2n) is 2.18. The topological polar surface area (TPSA) is 42.9 Å². The van der Waals surface area contributed by atoms with E-state index >= 15 is 0 Å². The molecule has 1 aromatic heterocycles. The molecular weight excluding hydrogens is 248 g/mol. The zero-order valence-corrected chi connectivity index (χ0v) is 9.29. The van der Waals surface area contributed by atoms with Crippen molar-refractivity contribution in [2.75, 3.05) is 0 Å². The van der Waals surface area contributed by atoms with E-state index in [4.69, 9.17) is 0 Å². The molecule has 0 spiro atoms. The smallest absolute Gasteiger partial charge is 0.210 e. The van der Waals surface area contributed by atoms with Crippen molar-refractivity contribution in [3.63, 3.8) is 0 Å². The van der Waals surface area contributed by atoms with Crippen LogP contribution in [0.2, 0.25) is 0 Å². The normalized spacial score (nSPS) is 13.8. The highest BCUT2D eigenvalue weighted by atomic mass is 79.9. The molecule has 0 saturated heterocycles. The minimum Gasteiger partial charge on any atom is -0.252 e. The lowest BCUT2D eigenvalue weighted by atomic mass is 10.6. The first-order chi connectivity index (χ1) is 5.11. The Kier molecular flexibility index (Phi) is 3.15. The molecule has 1 aromatic rings. The molecule has 0 aliphatic carbocycles. The Morgan fingerprint density at radius 3 is 2.64 bits per heavy atom. The fourth-order valence-electron chi connectivity index (χ4n) is 0.476. The summed E-state index contributed by atoms with van der Waals surface area (Å²) in [5.41, 5.74) is 0. The second kappa shape index (κ2) is 3.73. The number of nitrogens with zero attached hydrogens (tertiary/aromatic N) is 2. The molecule has 0 aromatic carbocycles. The van der Waals surface area contributed by atoms with Crippen LogP contribution in [0.1, 0.15) is 13.8 Å². The minimum atomic E-state index is -0.999. The van der Waals surface area contributed by atoms with Crippen molar-refractivity contribution < 1.29 is 4.21 Å². The molecule has 0 aliphatic rings. The Labute approximate surface area is 80.0 Å². The van der Waals surface area contributed by atoms with Crippen molar-refractivity contribution in [3.05, 3.63) is 4.73 Å². The van der Waals surface area contributed by atoms with Gasteiger partial charge in [-0.2, -0.15) is 9.36 Å². The van der Waals surface area contributed by atoms with Crippen molar-refractivity contribution in [2.24, 2.45) is 0 Å². The van der Waals surface area contributed by atoms with E-state index in [9.17, 15) is 4.21 Å². The first-order valence-electron chi connectivity index (χ1n) is 3.01. The average Bonchev–Trinajstić information content (AvgIpc) is 2.34. The van der Waals surface area contributed by atoms with Crippen molar-refractivity contribution in [2.45, 2.75) is 23.4 Å². The molecule has 0 N–H and O–H groups in total. The summed E-state index contributed by atoms with van der Waals surface area (Å²) in [6.45, 7) is 3.79. The monoisotopic (exact) mass is 254 g/mol. The van der Waals surface area contributed by atoms with E-state index in [1.165, 1.54) is 11.5 Å². The van der Waals surface area contributed by atoms with Gasteiger partial charge in [0.25, 0.3) is 0 Å². The summed E-state index contributed by atoms with van der Waals surface area (Å²) < 4.78 is 16.3. The van der Waals surface area contributed by atoms with Crippen LogP contribution in [0.5, 0.6) is 0 Å². The minimum absolute atomic E-state index is 0.106. The molecule has 62 valence electrons. The molecule has 1 unspecified atom stereocenters. The van der Waals surface area contributed by atoms with Gasteiger partial charge in [0, 0.05) is 5.25 Å². The van der Waals surface area contributed by atoms with Gasteiger partial charge in [0.15, 0.2) is 0 Å². The number of aromatic nitrogens is 2. The molecule has 0 radical (unpaired) electrons. The zero-order valence-electron chi connectivity index (χ0n) is 6.07. The summed E-state index contributed by atoms with van der Waals surface area (Å²) in [4.78, 5) is 3.96. The molecule has 0 aliphatic heterocycles. The predicted molar refractivity (Wildman–Crippen MR) is 49.2 cm³/mol. The van der Waals surface area contributed by atoms with E-state index in [-0.39, 0.29) is 5.25 Å². The lowest BCUT2D eigenvalue weighted by Gasteiger charge is -1.97. The van der Waals surface area contributed by atoms with Crippen LogP contribution >= 0.6 is 27.5 Å². The van der Waals surface area contributed by atoms with Gasteiger partial charge in [0.1, 0.15) is 0 Å². The van der Waals surface area contributed by atoms with E-state index in [0.717, 1.165) is 0 Å². The van der Waals surface area contributed by atoms with Gasteiger partial charge in [0.05, 0.1) is 10.8 Å². The third-order valence-corrected chi connectivity index (χ3v) is 4.09. The van der Waals surface area contributed by atoms with Gasteiger partial charge >= 0.3 is 0 Å². The Bertz CT molecular complexity index is 273. The summed E-state index contributed by atoms with van der Waals surface area (Å²) >= 11 is 4.28. The first kappa shape index (κ1) is 9.28. The van der Waals surface area contributed by atoms with Gasteiger partial charge in [-0.1, -0.05) is 13.8 Å². The Balaban J connectivity index is 2.85. The van der Waals surface area contributed by atoms with Gasteiger partial charge in [-0.3, -0.25) is 4.21 Å². The number of halogens is 1. The summed E-state index contributed by atoms with van der Waals surface area (Å²) in [5.74, 6) is 0. The van der Waals surface area contributed by atoms with Crippen LogP contribution in [-0.4, -0.2) is 18.8 Å². The molecule has 3 nitrogen and oxygen atoms in total. The van der Waals surface area contributed by atoms with E-state index in [0.29, 0.717) is 9.07 Å². The van der Waals surface area contributed by atoms with Crippen LogP contribution in [0.15, 0.2) is 9.07 Å². The van der Waals surface area contributed by atoms with Crippen molar-refractivity contribution in [3.8, 4) is 0 Å². The largest absolute Gasteiger partial charge is 0.252 e. The molecule has 0 amide bonds. The van der Waals surface area contributed by atoms with E-state index in [2.05, 4.69) is 25.3 Å². The molecule has 0 fully saturated rings. The van der Waals surface area contributed by atoms with E-state index in [1.807, 2.05) is 13.8 Å². The second-order valence-corrected chi connectivity index (χ2v) is 5.82. The fraction of sp³-hybridized carbons (Fsp3) is 0.600. The van der Waals surface area contributed by atoms with E-state index in [1.54, 1.807) is 0 Å². The maximum atomic E-state index is 11.4. The summed E-state index contributed by atoms with van der Waals surface area (Å²) in [6, 6.07) is 0. The van der Waals surface area contributed by atoms with Gasteiger partial charge in [-0.15, -0.1) is 0 Å². The van der Waals surface area contributed by atoms with Gasteiger partial charge in [-0.25, -0.2) is 0 Å². The standard InChI is InChI=1S/C5H7BrN2OS2/c1-3(2)11(9)5-7-4(6)8-10-5/h3H,1-2H3. The highest BCUT2D eigenvalue weighted by molar-refractivity contribution is 9.10. The van der Waals surface area contributed by atoms with Gasteiger partial charge in [-0.05, 0) is 27.5 Å². The SMILES string of the molecule is CC(C)S(=O)c1nc(Br)ns1. The molecule has 1 heterocycles. The maximum Gasteiger partial charge on any atom is 0.210 e. The van der Waals surface area contributed by atoms with Crippen LogP contribution in [0.4, 0.5) is 0 Å². The van der Waals surface area contributed by atoms with Crippen LogP contribution in [0, 0.1) is 0 Å².